The number of aliphatic imine (C=N–C) groups is 2. The van der Waals surface area contributed by atoms with Crippen LogP contribution in [-0.4, -0.2) is 57.1 Å². The Kier molecular flexibility index (Phi) is 8.54. The van der Waals surface area contributed by atoms with Crippen molar-refractivity contribution < 1.29 is 8.83 Å². The molecule has 0 aliphatic carbocycles. The highest BCUT2D eigenvalue weighted by molar-refractivity contribution is 6.68. The standard InChI is InChI=1S/C45H34B5N3O2/c46-38-37(39(47)41(49)42(50)40(38)48)25-18-16-24(17-19-25)27-20-21-34-32(22-27)36-28(10-6-15-35(36)54-34)23-52-45(26-8-2-1-3-9-26)53-44(51)31-13-7-12-30-29-11-4-5-14-33(29)55-43(30)31/h1-23,51H,46-50H2/b51-44?,52-23+,53-45-. The first-order valence-corrected chi connectivity index (χ1v) is 18.6. The van der Waals surface area contributed by atoms with Gasteiger partial charge in [0.25, 0.3) is 0 Å². The summed E-state index contributed by atoms with van der Waals surface area (Å²) in [6, 6.07) is 44.9. The largest absolute Gasteiger partial charge is 0.456 e. The van der Waals surface area contributed by atoms with E-state index >= 15 is 0 Å². The van der Waals surface area contributed by atoms with Crippen molar-refractivity contribution in [2.24, 2.45) is 9.98 Å². The minimum atomic E-state index is 0.0706. The Hall–Kier alpha value is -6.53. The van der Waals surface area contributed by atoms with Gasteiger partial charge in [0.05, 0.1) is 5.56 Å². The molecular formula is C45H34B5N3O2. The van der Waals surface area contributed by atoms with E-state index in [4.69, 9.17) is 24.2 Å². The molecule has 0 atom stereocenters. The topological polar surface area (TPSA) is 74.8 Å². The fourth-order valence-corrected chi connectivity index (χ4v) is 7.89. The number of fused-ring (bicyclic) bond motifs is 6. The average molecular weight is 703 g/mol. The number of hydrogen-bond donors (Lipinski definition) is 1. The first-order valence-electron chi connectivity index (χ1n) is 18.6. The Morgan fingerprint density at radius 1 is 0.527 bits per heavy atom. The van der Waals surface area contributed by atoms with Crippen LogP contribution in [0.25, 0.3) is 66.1 Å². The second kappa shape index (κ2) is 13.7. The molecule has 2 aromatic heterocycles. The zero-order valence-corrected chi connectivity index (χ0v) is 31.5. The molecule has 55 heavy (non-hydrogen) atoms. The second-order valence-electron chi connectivity index (χ2n) is 14.3. The van der Waals surface area contributed by atoms with Crippen LogP contribution >= 0.6 is 0 Å². The van der Waals surface area contributed by atoms with Crippen molar-refractivity contribution in [2.45, 2.75) is 0 Å². The van der Waals surface area contributed by atoms with E-state index in [1.807, 2.05) is 97.2 Å². The number of nitrogens with one attached hydrogen (secondary N) is 1. The molecule has 7 aromatic carbocycles. The highest BCUT2D eigenvalue weighted by atomic mass is 16.3. The molecule has 0 radical (unpaired) electrons. The van der Waals surface area contributed by atoms with Crippen LogP contribution in [0.15, 0.2) is 152 Å². The second-order valence-corrected chi connectivity index (χ2v) is 14.3. The van der Waals surface area contributed by atoms with Gasteiger partial charge in [-0.2, -0.15) is 0 Å². The first kappa shape index (κ1) is 34.3. The van der Waals surface area contributed by atoms with Gasteiger partial charge < -0.3 is 8.83 Å². The number of hydrogen-bond acceptors (Lipinski definition) is 3. The zero-order valence-electron chi connectivity index (χ0n) is 31.5. The molecule has 0 aliphatic rings. The molecule has 0 saturated carbocycles. The fraction of sp³-hybridized carbons (Fsp3) is 0. The van der Waals surface area contributed by atoms with Crippen molar-refractivity contribution in [3.05, 3.63) is 150 Å². The van der Waals surface area contributed by atoms with Gasteiger partial charge in [-0.3, -0.25) is 5.41 Å². The van der Waals surface area contributed by atoms with Crippen LogP contribution in [0.2, 0.25) is 0 Å². The predicted octanol–water partition coefficient (Wildman–Crippen LogP) is 3.00. The van der Waals surface area contributed by atoms with E-state index in [2.05, 4.69) is 81.7 Å². The molecule has 0 fully saturated rings. The molecule has 0 amide bonds. The molecule has 256 valence electrons. The number of nitrogens with zero attached hydrogens (tertiary/aromatic N) is 2. The molecule has 0 bridgehead atoms. The van der Waals surface area contributed by atoms with Gasteiger partial charge in [-0.15, -0.1) is 16.4 Å². The van der Waals surface area contributed by atoms with Crippen LogP contribution in [-0.2, 0) is 0 Å². The van der Waals surface area contributed by atoms with Gasteiger partial charge in [-0.25, -0.2) is 9.98 Å². The molecule has 0 unspecified atom stereocenters. The SMILES string of the molecule is Bc1c(B)c(B)c(-c2ccc(-c3ccc4oc5cccc(/C=N/C(=N\C(=N)c6cccc7c6oc6ccccc67)c6ccccc6)c5c4c3)cc2)c(B)c1B. The Morgan fingerprint density at radius 3 is 1.93 bits per heavy atom. The number of benzene rings is 7. The molecule has 0 aliphatic heterocycles. The van der Waals surface area contributed by atoms with Crippen molar-refractivity contribution in [2.75, 3.05) is 0 Å². The first-order chi connectivity index (χ1) is 26.8. The Bertz CT molecular complexity index is 3030. The summed E-state index contributed by atoms with van der Waals surface area (Å²) in [5.74, 6) is 0.495. The summed E-state index contributed by atoms with van der Waals surface area (Å²) in [4.78, 5) is 9.76. The average Bonchev–Trinajstić information content (AvgIpc) is 3.80. The third-order valence-electron chi connectivity index (χ3n) is 11.3. The van der Waals surface area contributed by atoms with Crippen LogP contribution in [0.5, 0.6) is 0 Å². The Balaban J connectivity index is 1.10. The molecule has 5 nitrogen and oxygen atoms in total. The van der Waals surface area contributed by atoms with E-state index < -0.39 is 0 Å². The maximum Gasteiger partial charge on any atom is 0.161 e. The van der Waals surface area contributed by atoms with Gasteiger partial charge in [0.1, 0.15) is 61.6 Å². The zero-order chi connectivity index (χ0) is 37.8. The predicted molar refractivity (Wildman–Crippen MR) is 247 cm³/mol. The van der Waals surface area contributed by atoms with E-state index in [0.717, 1.165) is 60.5 Å². The summed E-state index contributed by atoms with van der Waals surface area (Å²) < 4.78 is 12.6. The van der Waals surface area contributed by atoms with Crippen LogP contribution < -0.4 is 27.3 Å². The lowest BCUT2D eigenvalue weighted by Gasteiger charge is -2.20. The smallest absolute Gasteiger partial charge is 0.161 e. The van der Waals surface area contributed by atoms with Crippen molar-refractivity contribution >= 4 is 128 Å². The summed E-state index contributed by atoms with van der Waals surface area (Å²) >= 11 is 0. The van der Waals surface area contributed by atoms with Crippen molar-refractivity contribution in [3.8, 4) is 22.3 Å². The highest BCUT2D eigenvalue weighted by Crippen LogP contribution is 2.35. The van der Waals surface area contributed by atoms with E-state index in [1.54, 1.807) is 0 Å². The third kappa shape index (κ3) is 5.95. The summed E-state index contributed by atoms with van der Waals surface area (Å²) in [5.41, 5.74) is 16.9. The third-order valence-corrected chi connectivity index (χ3v) is 11.3. The van der Waals surface area contributed by atoms with Gasteiger partial charge in [0.2, 0.25) is 0 Å². The molecule has 2 heterocycles. The molecule has 10 heteroatoms. The maximum absolute atomic E-state index is 9.14. The minimum Gasteiger partial charge on any atom is -0.456 e. The molecule has 9 aromatic rings. The monoisotopic (exact) mass is 703 g/mol. The van der Waals surface area contributed by atoms with Gasteiger partial charge in [-0.05, 0) is 52.6 Å². The van der Waals surface area contributed by atoms with Crippen molar-refractivity contribution in [1.82, 2.24) is 0 Å². The van der Waals surface area contributed by atoms with Gasteiger partial charge in [0, 0.05) is 38.9 Å². The van der Waals surface area contributed by atoms with Crippen LogP contribution in [0, 0.1) is 5.41 Å². The number of rotatable bonds is 5. The number of para-hydroxylation sites is 2. The number of amidine groups is 2. The maximum atomic E-state index is 9.14. The molecular weight excluding hydrogens is 669 g/mol. The van der Waals surface area contributed by atoms with Crippen molar-refractivity contribution in [3.63, 3.8) is 0 Å². The van der Waals surface area contributed by atoms with Gasteiger partial charge in [0.15, 0.2) is 11.7 Å². The highest BCUT2D eigenvalue weighted by Gasteiger charge is 2.17. The van der Waals surface area contributed by atoms with Gasteiger partial charge in [-0.1, -0.05) is 114 Å². The quantitative estimate of drug-likeness (QED) is 0.170. The Morgan fingerprint density at radius 2 is 1.15 bits per heavy atom. The summed E-state index contributed by atoms with van der Waals surface area (Å²) in [6.45, 7) is 0. The van der Waals surface area contributed by atoms with E-state index in [1.165, 1.54) is 38.4 Å². The van der Waals surface area contributed by atoms with Crippen LogP contribution in [0.4, 0.5) is 0 Å². The lowest BCUT2D eigenvalue weighted by Crippen LogP contribution is -2.55. The van der Waals surface area contributed by atoms with E-state index in [-0.39, 0.29) is 5.84 Å². The molecule has 0 spiro atoms. The fourth-order valence-electron chi connectivity index (χ4n) is 7.89. The number of furan rings is 2. The lowest BCUT2D eigenvalue weighted by atomic mass is 9.59. The summed E-state index contributed by atoms with van der Waals surface area (Å²) in [7, 11) is 11.1. The lowest BCUT2D eigenvalue weighted by molar-refractivity contribution is 0.668. The molecule has 1 N–H and O–H groups in total. The van der Waals surface area contributed by atoms with E-state index in [9.17, 15) is 0 Å². The minimum absolute atomic E-state index is 0.0706. The van der Waals surface area contributed by atoms with Gasteiger partial charge >= 0.3 is 0 Å². The van der Waals surface area contributed by atoms with Crippen LogP contribution in [0.1, 0.15) is 16.7 Å². The van der Waals surface area contributed by atoms with E-state index in [0.29, 0.717) is 17.0 Å². The Labute approximate surface area is 323 Å². The van der Waals surface area contributed by atoms with Crippen LogP contribution in [0.3, 0.4) is 0 Å². The van der Waals surface area contributed by atoms with Crippen molar-refractivity contribution in [1.29, 1.82) is 5.41 Å². The molecule has 0 saturated heterocycles. The summed E-state index contributed by atoms with van der Waals surface area (Å²) in [6.07, 6.45) is 1.83. The summed E-state index contributed by atoms with van der Waals surface area (Å²) in [5, 5.41) is 13.1. The normalized spacial score (nSPS) is 12.1. The molecule has 9 rings (SSSR count).